The molecule has 10 heteroatoms. The third-order valence-electron chi connectivity index (χ3n) is 6.47. The van der Waals surface area contributed by atoms with Crippen molar-refractivity contribution in [3.05, 3.63) is 72.6 Å². The Kier molecular flexibility index (Phi) is 6.01. The minimum absolute atomic E-state index is 0.263. The molecular formula is C28H26FN9. The van der Waals surface area contributed by atoms with Crippen molar-refractivity contribution in [1.29, 1.82) is 0 Å². The molecule has 1 aromatic carbocycles. The maximum atomic E-state index is 14.6. The number of rotatable bonds is 7. The van der Waals surface area contributed by atoms with Crippen molar-refractivity contribution in [1.82, 2.24) is 40.0 Å². The van der Waals surface area contributed by atoms with Gasteiger partial charge < -0.3 is 15.6 Å². The van der Waals surface area contributed by atoms with Gasteiger partial charge in [-0.25, -0.2) is 19.3 Å². The van der Waals surface area contributed by atoms with E-state index in [0.29, 0.717) is 28.5 Å². The zero-order chi connectivity index (χ0) is 26.2. The number of pyridine rings is 3. The Labute approximate surface area is 218 Å². The fourth-order valence-electron chi connectivity index (χ4n) is 4.67. The second-order valence-electron chi connectivity index (χ2n) is 9.60. The first-order chi connectivity index (χ1) is 18.4. The molecule has 6 rings (SSSR count). The van der Waals surface area contributed by atoms with Crippen LogP contribution in [0.3, 0.4) is 0 Å². The topological polar surface area (TPSA) is 125 Å². The number of aromatic amines is 2. The lowest BCUT2D eigenvalue weighted by Crippen LogP contribution is -2.13. The quantitative estimate of drug-likeness (QED) is 0.282. The zero-order valence-electron chi connectivity index (χ0n) is 21.0. The molecule has 0 bridgehead atoms. The highest BCUT2D eigenvalue weighted by Crippen LogP contribution is 2.32. The summed E-state index contributed by atoms with van der Waals surface area (Å²) in [4.78, 5) is 23.4. The molecule has 0 aliphatic rings. The van der Waals surface area contributed by atoms with Crippen LogP contribution in [0.5, 0.6) is 0 Å². The molecule has 38 heavy (non-hydrogen) atoms. The number of hydrogen-bond acceptors (Lipinski definition) is 7. The Morgan fingerprint density at radius 3 is 2.66 bits per heavy atom. The number of hydrogen-bond donors (Lipinski definition) is 3. The molecule has 0 unspecified atom stereocenters. The summed E-state index contributed by atoms with van der Waals surface area (Å²) in [6, 6.07) is 10.9. The van der Waals surface area contributed by atoms with Crippen LogP contribution < -0.4 is 5.73 Å². The first-order valence-corrected chi connectivity index (χ1v) is 12.3. The SMILES string of the molecule is CN(C)CCCc1cc(F)cc(-c2ccnc3nc(-c4[nH]nc5ncc(-c6cncc(N)c6)cc45)[nH]c23)c1. The predicted molar refractivity (Wildman–Crippen MR) is 147 cm³/mol. The van der Waals surface area contributed by atoms with Gasteiger partial charge in [0.25, 0.3) is 0 Å². The molecule has 0 atom stereocenters. The highest BCUT2D eigenvalue weighted by atomic mass is 19.1. The van der Waals surface area contributed by atoms with Gasteiger partial charge in [0.05, 0.1) is 16.6 Å². The Bertz CT molecular complexity index is 1770. The van der Waals surface area contributed by atoms with Gasteiger partial charge in [-0.1, -0.05) is 6.07 Å². The van der Waals surface area contributed by atoms with E-state index >= 15 is 0 Å². The number of halogens is 1. The van der Waals surface area contributed by atoms with E-state index in [9.17, 15) is 4.39 Å². The van der Waals surface area contributed by atoms with E-state index in [2.05, 4.69) is 35.0 Å². The van der Waals surface area contributed by atoms with E-state index in [4.69, 9.17) is 10.7 Å². The number of nitrogens with one attached hydrogen (secondary N) is 2. The highest BCUT2D eigenvalue weighted by Gasteiger charge is 2.17. The lowest BCUT2D eigenvalue weighted by atomic mass is 10.0. The standard InChI is InChI=1S/C28H26FN9/c1-38(2)7-3-4-16-8-17(10-20(29)9-16)22-5-6-32-27-24(22)34-28(35-27)25-23-12-19(14-33-26(23)37-36-25)18-11-21(30)15-31-13-18/h5-6,8-15H,3-4,7,30H2,1-2H3,(H,32,34,35)(H,33,36,37). The molecule has 0 aliphatic carbocycles. The third kappa shape index (κ3) is 4.57. The van der Waals surface area contributed by atoms with Crippen molar-refractivity contribution in [3.8, 4) is 33.8 Å². The summed E-state index contributed by atoms with van der Waals surface area (Å²) >= 11 is 0. The van der Waals surface area contributed by atoms with Crippen LogP contribution in [0.15, 0.2) is 61.2 Å². The molecule has 9 nitrogen and oxygen atoms in total. The molecule has 0 spiro atoms. The van der Waals surface area contributed by atoms with Crippen LogP contribution in [0.1, 0.15) is 12.0 Å². The van der Waals surface area contributed by atoms with Crippen LogP contribution in [0.25, 0.3) is 56.0 Å². The van der Waals surface area contributed by atoms with Crippen LogP contribution in [-0.4, -0.2) is 60.7 Å². The molecule has 0 fully saturated rings. The number of H-pyrrole nitrogens is 2. The van der Waals surface area contributed by atoms with Crippen molar-refractivity contribution in [2.75, 3.05) is 26.4 Å². The summed E-state index contributed by atoms with van der Waals surface area (Å²) in [5.41, 5.74) is 13.3. The summed E-state index contributed by atoms with van der Waals surface area (Å²) in [6.45, 7) is 0.943. The molecule has 6 aromatic rings. The molecule has 4 N–H and O–H groups in total. The van der Waals surface area contributed by atoms with Crippen molar-refractivity contribution in [3.63, 3.8) is 0 Å². The van der Waals surface area contributed by atoms with Gasteiger partial charge in [-0.15, -0.1) is 0 Å². The Hall–Kier alpha value is -4.70. The Morgan fingerprint density at radius 2 is 1.82 bits per heavy atom. The smallest absolute Gasteiger partial charge is 0.181 e. The van der Waals surface area contributed by atoms with Gasteiger partial charge in [0.1, 0.15) is 11.5 Å². The van der Waals surface area contributed by atoms with E-state index in [1.54, 1.807) is 36.9 Å². The van der Waals surface area contributed by atoms with E-state index < -0.39 is 0 Å². The number of anilines is 1. The highest BCUT2D eigenvalue weighted by molar-refractivity contribution is 5.96. The fraction of sp³-hybridized carbons (Fsp3) is 0.179. The van der Waals surface area contributed by atoms with Crippen LogP contribution in [0.4, 0.5) is 10.1 Å². The second kappa shape index (κ2) is 9.64. The van der Waals surface area contributed by atoms with Crippen LogP contribution >= 0.6 is 0 Å². The maximum Gasteiger partial charge on any atom is 0.181 e. The summed E-state index contributed by atoms with van der Waals surface area (Å²) in [5, 5.41) is 8.20. The van der Waals surface area contributed by atoms with Crippen LogP contribution in [-0.2, 0) is 6.42 Å². The van der Waals surface area contributed by atoms with Crippen molar-refractivity contribution < 1.29 is 4.39 Å². The summed E-state index contributed by atoms with van der Waals surface area (Å²) in [5.74, 6) is 0.302. The summed E-state index contributed by atoms with van der Waals surface area (Å²) < 4.78 is 14.6. The maximum absolute atomic E-state index is 14.6. The molecular weight excluding hydrogens is 481 g/mol. The van der Waals surface area contributed by atoms with Gasteiger partial charge >= 0.3 is 0 Å². The number of nitrogen functional groups attached to an aromatic ring is 1. The number of benzene rings is 1. The van der Waals surface area contributed by atoms with Gasteiger partial charge in [-0.2, -0.15) is 5.10 Å². The largest absolute Gasteiger partial charge is 0.397 e. The Morgan fingerprint density at radius 1 is 0.947 bits per heavy atom. The second-order valence-corrected chi connectivity index (χ2v) is 9.60. The minimum atomic E-state index is -0.263. The third-order valence-corrected chi connectivity index (χ3v) is 6.47. The van der Waals surface area contributed by atoms with E-state index in [-0.39, 0.29) is 5.82 Å². The van der Waals surface area contributed by atoms with E-state index in [0.717, 1.165) is 58.1 Å². The fourth-order valence-corrected chi connectivity index (χ4v) is 4.67. The minimum Gasteiger partial charge on any atom is -0.397 e. The first-order valence-electron chi connectivity index (χ1n) is 12.3. The molecule has 0 aliphatic heterocycles. The average Bonchev–Trinajstić information content (AvgIpc) is 3.51. The van der Waals surface area contributed by atoms with Gasteiger partial charge in [-0.3, -0.25) is 10.1 Å². The first kappa shape index (κ1) is 23.7. The molecule has 0 saturated heterocycles. The van der Waals surface area contributed by atoms with E-state index in [1.807, 2.05) is 38.4 Å². The van der Waals surface area contributed by atoms with Crippen molar-refractivity contribution in [2.45, 2.75) is 12.8 Å². The summed E-state index contributed by atoms with van der Waals surface area (Å²) in [7, 11) is 4.07. The number of aryl methyl sites for hydroxylation is 1. The van der Waals surface area contributed by atoms with Crippen molar-refractivity contribution in [2.24, 2.45) is 0 Å². The Balaban J connectivity index is 1.40. The lowest BCUT2D eigenvalue weighted by molar-refractivity contribution is 0.400. The van der Waals surface area contributed by atoms with Gasteiger partial charge in [0, 0.05) is 41.5 Å². The summed E-state index contributed by atoms with van der Waals surface area (Å²) in [6.07, 6.45) is 8.51. The molecule has 5 heterocycles. The number of fused-ring (bicyclic) bond motifs is 2. The molecule has 0 amide bonds. The predicted octanol–water partition coefficient (Wildman–Crippen LogP) is 4.84. The molecule has 0 saturated carbocycles. The molecule has 0 radical (unpaired) electrons. The van der Waals surface area contributed by atoms with E-state index in [1.165, 1.54) is 0 Å². The normalized spacial score (nSPS) is 11.7. The number of aromatic nitrogens is 7. The van der Waals surface area contributed by atoms with Gasteiger partial charge in [0.15, 0.2) is 17.1 Å². The number of nitrogens with zero attached hydrogens (tertiary/aromatic N) is 6. The number of imidazole rings is 1. The average molecular weight is 508 g/mol. The van der Waals surface area contributed by atoms with Crippen LogP contribution in [0.2, 0.25) is 0 Å². The monoisotopic (exact) mass is 507 g/mol. The lowest BCUT2D eigenvalue weighted by Gasteiger charge is -2.10. The van der Waals surface area contributed by atoms with Gasteiger partial charge in [0.2, 0.25) is 0 Å². The van der Waals surface area contributed by atoms with Gasteiger partial charge in [-0.05, 0) is 74.9 Å². The molecule has 5 aromatic heterocycles. The zero-order valence-corrected chi connectivity index (χ0v) is 21.0. The molecule has 190 valence electrons. The van der Waals surface area contributed by atoms with Crippen molar-refractivity contribution >= 4 is 27.9 Å². The number of nitrogens with two attached hydrogens (primary N) is 1. The van der Waals surface area contributed by atoms with Crippen LogP contribution in [0, 0.1) is 5.82 Å².